The summed E-state index contributed by atoms with van der Waals surface area (Å²) in [6.07, 6.45) is 7.18. The summed E-state index contributed by atoms with van der Waals surface area (Å²) in [4.78, 5) is 0. The molecule has 3 atom stereocenters. The molecule has 0 aromatic heterocycles. The van der Waals surface area contributed by atoms with E-state index in [0.717, 1.165) is 12.3 Å². The van der Waals surface area contributed by atoms with E-state index in [2.05, 4.69) is 20.8 Å². The van der Waals surface area contributed by atoms with E-state index in [1.165, 1.54) is 32.1 Å². The van der Waals surface area contributed by atoms with E-state index in [1.54, 1.807) is 0 Å². The van der Waals surface area contributed by atoms with Crippen LogP contribution in [-0.2, 0) is 0 Å². The highest BCUT2D eigenvalue weighted by Gasteiger charge is 2.52. The second-order valence-electron chi connectivity index (χ2n) is 4.83. The Morgan fingerprint density at radius 1 is 1.38 bits per heavy atom. The van der Waals surface area contributed by atoms with Gasteiger partial charge in [0.1, 0.15) is 0 Å². The molecule has 1 rings (SSSR count). The maximum Gasteiger partial charge on any atom is 0.0596 e. The number of hydrogen-bond acceptors (Lipinski definition) is 1. The van der Waals surface area contributed by atoms with Crippen LogP contribution in [-0.4, -0.2) is 11.2 Å². The molecular formula is C12H24O. The van der Waals surface area contributed by atoms with Gasteiger partial charge < -0.3 is 5.11 Å². The molecule has 0 amide bonds. The van der Waals surface area contributed by atoms with Gasteiger partial charge in [-0.1, -0.05) is 46.5 Å². The Bertz CT molecular complexity index is 155. The van der Waals surface area contributed by atoms with Crippen molar-refractivity contribution in [2.45, 2.75) is 65.4 Å². The summed E-state index contributed by atoms with van der Waals surface area (Å²) in [7, 11) is 0. The second kappa shape index (κ2) is 4.45. The van der Waals surface area contributed by atoms with Crippen molar-refractivity contribution in [3.63, 3.8) is 0 Å². The van der Waals surface area contributed by atoms with Gasteiger partial charge in [-0.2, -0.15) is 0 Å². The van der Waals surface area contributed by atoms with Crippen LogP contribution in [0, 0.1) is 11.3 Å². The molecule has 0 unspecified atom stereocenters. The summed E-state index contributed by atoms with van der Waals surface area (Å²) in [6, 6.07) is 0. The lowest BCUT2D eigenvalue weighted by Crippen LogP contribution is -2.20. The molecule has 1 saturated carbocycles. The number of unbranched alkanes of at least 4 members (excludes halogenated alkanes) is 2. The van der Waals surface area contributed by atoms with Gasteiger partial charge in [0.15, 0.2) is 0 Å². The van der Waals surface area contributed by atoms with Gasteiger partial charge >= 0.3 is 0 Å². The zero-order chi connectivity index (χ0) is 9.90. The summed E-state index contributed by atoms with van der Waals surface area (Å²) >= 11 is 0. The lowest BCUT2D eigenvalue weighted by Gasteiger charge is -2.19. The molecule has 0 spiro atoms. The fraction of sp³-hybridized carbons (Fsp3) is 1.00. The SMILES string of the molecule is CCCCC[C@@H](O)[C@]1(C)C[C@@H]1CC. The highest BCUT2D eigenvalue weighted by molar-refractivity contribution is 5.02. The standard InChI is InChI=1S/C12H24O/c1-4-6-7-8-11(13)12(3)9-10(12)5-2/h10-11,13H,4-9H2,1-3H3/t10-,11+,12+/m0/s1. The molecule has 1 fully saturated rings. The fourth-order valence-electron chi connectivity index (χ4n) is 2.41. The molecule has 0 radical (unpaired) electrons. The first-order valence-electron chi connectivity index (χ1n) is 5.83. The Morgan fingerprint density at radius 2 is 2.08 bits per heavy atom. The molecule has 1 nitrogen and oxygen atoms in total. The number of aliphatic hydroxyl groups excluding tert-OH is 1. The molecule has 0 aromatic rings. The van der Waals surface area contributed by atoms with Crippen LogP contribution >= 0.6 is 0 Å². The van der Waals surface area contributed by atoms with Crippen LogP contribution in [0.5, 0.6) is 0 Å². The van der Waals surface area contributed by atoms with E-state index in [4.69, 9.17) is 0 Å². The zero-order valence-corrected chi connectivity index (χ0v) is 9.34. The van der Waals surface area contributed by atoms with Gasteiger partial charge in [0.25, 0.3) is 0 Å². The predicted molar refractivity (Wildman–Crippen MR) is 56.7 cm³/mol. The third kappa shape index (κ3) is 2.46. The minimum absolute atomic E-state index is 0.0380. The lowest BCUT2D eigenvalue weighted by atomic mass is 9.93. The Morgan fingerprint density at radius 3 is 2.54 bits per heavy atom. The predicted octanol–water partition coefficient (Wildman–Crippen LogP) is 3.36. The van der Waals surface area contributed by atoms with E-state index < -0.39 is 0 Å². The van der Waals surface area contributed by atoms with Gasteiger partial charge in [-0.15, -0.1) is 0 Å². The van der Waals surface area contributed by atoms with Crippen molar-refractivity contribution in [2.75, 3.05) is 0 Å². The normalized spacial score (nSPS) is 34.6. The van der Waals surface area contributed by atoms with Gasteiger partial charge in [0.05, 0.1) is 6.10 Å². The molecule has 0 aliphatic heterocycles. The second-order valence-corrected chi connectivity index (χ2v) is 4.83. The van der Waals surface area contributed by atoms with Crippen molar-refractivity contribution < 1.29 is 5.11 Å². The summed E-state index contributed by atoms with van der Waals surface area (Å²) in [5, 5.41) is 9.98. The van der Waals surface area contributed by atoms with Crippen LogP contribution < -0.4 is 0 Å². The summed E-state index contributed by atoms with van der Waals surface area (Å²) in [6.45, 7) is 6.69. The van der Waals surface area contributed by atoms with Gasteiger partial charge in [-0.3, -0.25) is 0 Å². The van der Waals surface area contributed by atoms with Gasteiger partial charge in [0.2, 0.25) is 0 Å². The minimum atomic E-state index is -0.0380. The monoisotopic (exact) mass is 184 g/mol. The minimum Gasteiger partial charge on any atom is -0.393 e. The van der Waals surface area contributed by atoms with E-state index in [0.29, 0.717) is 0 Å². The Labute approximate surface area is 82.5 Å². The third-order valence-electron chi connectivity index (χ3n) is 3.79. The van der Waals surface area contributed by atoms with Crippen molar-refractivity contribution >= 4 is 0 Å². The van der Waals surface area contributed by atoms with Gasteiger partial charge in [0, 0.05) is 0 Å². The van der Waals surface area contributed by atoms with Crippen molar-refractivity contribution in [3.8, 4) is 0 Å². The fourth-order valence-corrected chi connectivity index (χ4v) is 2.41. The van der Waals surface area contributed by atoms with Gasteiger partial charge in [-0.25, -0.2) is 0 Å². The first-order valence-corrected chi connectivity index (χ1v) is 5.83. The smallest absolute Gasteiger partial charge is 0.0596 e. The molecule has 1 N–H and O–H groups in total. The van der Waals surface area contributed by atoms with Crippen LogP contribution in [0.1, 0.15) is 59.3 Å². The first-order chi connectivity index (χ1) is 6.15. The Balaban J connectivity index is 2.20. The average molecular weight is 184 g/mol. The molecule has 13 heavy (non-hydrogen) atoms. The molecule has 0 saturated heterocycles. The topological polar surface area (TPSA) is 20.2 Å². The largest absolute Gasteiger partial charge is 0.393 e. The molecule has 0 bridgehead atoms. The van der Waals surface area contributed by atoms with Crippen molar-refractivity contribution in [2.24, 2.45) is 11.3 Å². The summed E-state index contributed by atoms with van der Waals surface area (Å²) in [5.41, 5.74) is 0.280. The van der Waals surface area contributed by atoms with E-state index in [1.807, 2.05) is 0 Å². The molecule has 0 aromatic carbocycles. The van der Waals surface area contributed by atoms with E-state index in [9.17, 15) is 5.11 Å². The number of aliphatic hydroxyl groups is 1. The van der Waals surface area contributed by atoms with Crippen molar-refractivity contribution in [1.29, 1.82) is 0 Å². The Kier molecular flexibility index (Phi) is 3.78. The van der Waals surface area contributed by atoms with Crippen molar-refractivity contribution in [3.05, 3.63) is 0 Å². The van der Waals surface area contributed by atoms with E-state index >= 15 is 0 Å². The molecule has 1 heteroatoms. The van der Waals surface area contributed by atoms with Crippen LogP contribution in [0.2, 0.25) is 0 Å². The molecule has 1 aliphatic carbocycles. The highest BCUT2D eigenvalue weighted by Crippen LogP contribution is 2.57. The van der Waals surface area contributed by atoms with Crippen LogP contribution in [0.15, 0.2) is 0 Å². The maximum atomic E-state index is 9.98. The molecule has 78 valence electrons. The molecule has 0 heterocycles. The quantitative estimate of drug-likeness (QED) is 0.627. The van der Waals surface area contributed by atoms with Gasteiger partial charge in [-0.05, 0) is 24.2 Å². The third-order valence-corrected chi connectivity index (χ3v) is 3.79. The zero-order valence-electron chi connectivity index (χ0n) is 9.34. The summed E-state index contributed by atoms with van der Waals surface area (Å²) in [5.74, 6) is 0.795. The van der Waals surface area contributed by atoms with E-state index in [-0.39, 0.29) is 11.5 Å². The van der Waals surface area contributed by atoms with Crippen LogP contribution in [0.3, 0.4) is 0 Å². The number of rotatable bonds is 6. The molecule has 1 aliphatic rings. The molecular weight excluding hydrogens is 160 g/mol. The summed E-state index contributed by atoms with van der Waals surface area (Å²) < 4.78 is 0. The lowest BCUT2D eigenvalue weighted by molar-refractivity contribution is 0.0817. The van der Waals surface area contributed by atoms with Crippen LogP contribution in [0.4, 0.5) is 0 Å². The van der Waals surface area contributed by atoms with Crippen molar-refractivity contribution in [1.82, 2.24) is 0 Å². The maximum absolute atomic E-state index is 9.98. The highest BCUT2D eigenvalue weighted by atomic mass is 16.3. The van der Waals surface area contributed by atoms with Crippen LogP contribution in [0.25, 0.3) is 0 Å². The number of hydrogen-bond donors (Lipinski definition) is 1. The first kappa shape index (κ1) is 11.0. The Hall–Kier alpha value is -0.0400. The average Bonchev–Trinajstić information content (AvgIpc) is 2.79.